The number of rotatable bonds is 7. The maximum absolute atomic E-state index is 13.5. The van der Waals surface area contributed by atoms with Gasteiger partial charge in [-0.3, -0.25) is 0 Å². The molecule has 10 heteroatoms. The molecule has 3 fully saturated rings. The number of aromatic nitrogens is 3. The Bertz CT molecular complexity index is 1070. The van der Waals surface area contributed by atoms with Crippen LogP contribution in [0.3, 0.4) is 0 Å². The third kappa shape index (κ3) is 4.94. The van der Waals surface area contributed by atoms with Crippen LogP contribution < -0.4 is 0 Å². The van der Waals surface area contributed by atoms with E-state index in [0.717, 1.165) is 56.8 Å². The van der Waals surface area contributed by atoms with Gasteiger partial charge in [0.25, 0.3) is 0 Å². The second kappa shape index (κ2) is 9.21. The minimum Gasteiger partial charge on any atom is -0.314 e. The summed E-state index contributed by atoms with van der Waals surface area (Å²) in [6, 6.07) is 5.50. The quantitative estimate of drug-likeness (QED) is 0.482. The van der Waals surface area contributed by atoms with Crippen LogP contribution in [0.4, 0.5) is 13.2 Å². The molecule has 0 atom stereocenters. The molecule has 3 aliphatic rings. The largest absolute Gasteiger partial charge is 0.417 e. The highest BCUT2D eigenvalue weighted by Gasteiger charge is 2.51. The van der Waals surface area contributed by atoms with Gasteiger partial charge in [0.2, 0.25) is 0 Å². The molecule has 0 N–H and O–H groups in total. The van der Waals surface area contributed by atoms with Gasteiger partial charge in [-0.25, -0.2) is 8.42 Å². The highest BCUT2D eigenvalue weighted by atomic mass is 35.5. The molecular formula is C23H31ClF3N3O2S. The molecule has 0 aliphatic heterocycles. The van der Waals surface area contributed by atoms with Crippen molar-refractivity contribution in [3.63, 3.8) is 0 Å². The van der Waals surface area contributed by atoms with E-state index in [-0.39, 0.29) is 46.1 Å². The Labute approximate surface area is 199 Å². The molecule has 1 heterocycles. The number of halogens is 4. The van der Waals surface area contributed by atoms with E-state index in [4.69, 9.17) is 0 Å². The van der Waals surface area contributed by atoms with Crippen molar-refractivity contribution in [2.75, 3.05) is 11.5 Å². The Morgan fingerprint density at radius 3 is 2.21 bits per heavy atom. The molecule has 5 rings (SSSR count). The molecule has 0 unspecified atom stereocenters. The van der Waals surface area contributed by atoms with Crippen molar-refractivity contribution in [1.29, 1.82) is 0 Å². The topological polar surface area (TPSA) is 64.8 Å². The summed E-state index contributed by atoms with van der Waals surface area (Å²) in [6.45, 7) is 1.69. The third-order valence-corrected chi connectivity index (χ3v) is 9.62. The van der Waals surface area contributed by atoms with E-state index in [9.17, 15) is 21.6 Å². The van der Waals surface area contributed by atoms with Crippen molar-refractivity contribution in [3.8, 4) is 11.4 Å². The molecule has 3 saturated carbocycles. The summed E-state index contributed by atoms with van der Waals surface area (Å²) in [5, 5.41) is 8.60. The lowest BCUT2D eigenvalue weighted by molar-refractivity contribution is -0.137. The molecule has 5 nitrogen and oxygen atoms in total. The molecule has 2 bridgehead atoms. The fourth-order valence-electron chi connectivity index (χ4n) is 5.74. The van der Waals surface area contributed by atoms with Crippen LogP contribution in [0.2, 0.25) is 0 Å². The zero-order chi connectivity index (χ0) is 23.2. The Morgan fingerprint density at radius 1 is 1.03 bits per heavy atom. The van der Waals surface area contributed by atoms with Crippen molar-refractivity contribution in [2.24, 2.45) is 12.5 Å². The summed E-state index contributed by atoms with van der Waals surface area (Å²) in [4.78, 5) is 0. The summed E-state index contributed by atoms with van der Waals surface area (Å²) in [5.41, 5.74) is -0.622. The maximum Gasteiger partial charge on any atom is 0.417 e. The van der Waals surface area contributed by atoms with E-state index in [0.29, 0.717) is 6.42 Å². The smallest absolute Gasteiger partial charge is 0.314 e. The number of hydrogen-bond acceptors (Lipinski definition) is 4. The summed E-state index contributed by atoms with van der Waals surface area (Å²) < 4.78 is 66.0. The molecule has 0 radical (unpaired) electrons. The van der Waals surface area contributed by atoms with E-state index in [1.807, 2.05) is 0 Å². The van der Waals surface area contributed by atoms with Crippen LogP contribution in [0.1, 0.15) is 69.7 Å². The summed E-state index contributed by atoms with van der Waals surface area (Å²) in [5.74, 6) is 1.46. The fraction of sp³-hybridized carbons (Fsp3) is 0.652. The lowest BCUT2D eigenvalue weighted by atomic mass is 9.52. The number of nitrogens with zero attached hydrogens (tertiary/aromatic N) is 3. The molecule has 3 aliphatic carbocycles. The molecular weight excluding hydrogens is 475 g/mol. The maximum atomic E-state index is 13.5. The average molecular weight is 506 g/mol. The highest BCUT2D eigenvalue weighted by Crippen LogP contribution is 2.59. The van der Waals surface area contributed by atoms with E-state index in [1.54, 1.807) is 24.6 Å². The fourth-order valence-corrected chi connectivity index (χ4v) is 6.61. The van der Waals surface area contributed by atoms with Gasteiger partial charge >= 0.3 is 6.18 Å². The minimum atomic E-state index is -4.46. The van der Waals surface area contributed by atoms with Gasteiger partial charge in [0.1, 0.15) is 15.7 Å². The first kappa shape index (κ1) is 26.0. The Balaban J connectivity index is 0.00000306. The predicted octanol–water partition coefficient (Wildman–Crippen LogP) is 5.73. The molecule has 1 aromatic carbocycles. The SMILES string of the molecule is CCS(=O)(=O)CCCC12CCC(c3nnc(-c4ccccc4C(F)(F)F)n3C)(CC1)CC2.Cl. The first-order valence-electron chi connectivity index (χ1n) is 11.3. The van der Waals surface area contributed by atoms with Gasteiger partial charge in [-0.05, 0) is 62.8 Å². The van der Waals surface area contributed by atoms with Crippen LogP contribution in [-0.2, 0) is 28.5 Å². The highest BCUT2D eigenvalue weighted by molar-refractivity contribution is 7.91. The third-order valence-electron chi connectivity index (χ3n) is 7.83. The van der Waals surface area contributed by atoms with Crippen molar-refractivity contribution in [2.45, 2.75) is 69.9 Å². The zero-order valence-corrected chi connectivity index (χ0v) is 20.6. The van der Waals surface area contributed by atoms with Crippen molar-refractivity contribution < 1.29 is 21.6 Å². The number of fused-ring (bicyclic) bond motifs is 3. The number of hydrogen-bond donors (Lipinski definition) is 0. The van der Waals surface area contributed by atoms with E-state index >= 15 is 0 Å². The predicted molar refractivity (Wildman–Crippen MR) is 124 cm³/mol. The molecule has 1 aromatic heterocycles. The van der Waals surface area contributed by atoms with Crippen LogP contribution in [0.5, 0.6) is 0 Å². The van der Waals surface area contributed by atoms with Crippen LogP contribution in [0.15, 0.2) is 24.3 Å². The van der Waals surface area contributed by atoms with Crippen molar-refractivity contribution >= 4 is 22.2 Å². The van der Waals surface area contributed by atoms with Gasteiger partial charge < -0.3 is 4.57 Å². The van der Waals surface area contributed by atoms with Crippen LogP contribution in [-0.4, -0.2) is 34.7 Å². The minimum absolute atomic E-state index is 0. The van der Waals surface area contributed by atoms with Crippen molar-refractivity contribution in [3.05, 3.63) is 35.7 Å². The number of benzene rings is 1. The van der Waals surface area contributed by atoms with E-state index < -0.39 is 21.6 Å². The van der Waals surface area contributed by atoms with Gasteiger partial charge in [-0.1, -0.05) is 25.1 Å². The Kier molecular flexibility index (Phi) is 7.26. The molecule has 0 amide bonds. The zero-order valence-electron chi connectivity index (χ0n) is 19.0. The van der Waals surface area contributed by atoms with E-state index in [1.165, 1.54) is 12.1 Å². The molecule has 184 valence electrons. The average Bonchev–Trinajstić information content (AvgIpc) is 3.16. The normalized spacial score (nSPS) is 25.1. The number of sulfone groups is 1. The Hall–Kier alpha value is -1.61. The van der Waals surface area contributed by atoms with E-state index in [2.05, 4.69) is 10.2 Å². The van der Waals surface area contributed by atoms with Crippen LogP contribution in [0.25, 0.3) is 11.4 Å². The lowest BCUT2D eigenvalue weighted by Crippen LogP contribution is -2.45. The second-order valence-electron chi connectivity index (χ2n) is 9.57. The molecule has 33 heavy (non-hydrogen) atoms. The molecule has 0 spiro atoms. The first-order chi connectivity index (χ1) is 15.0. The molecule has 2 aromatic rings. The Morgan fingerprint density at radius 2 is 1.64 bits per heavy atom. The summed E-state index contributed by atoms with van der Waals surface area (Å²) in [7, 11) is -1.18. The summed E-state index contributed by atoms with van der Waals surface area (Å²) >= 11 is 0. The standard InChI is InChI=1S/C23H30F3N3O2S.ClH/c1-3-32(30,31)16-6-9-21-10-13-22(14-11-21,15-12-21)20-28-27-19(29(20)2)17-7-4-5-8-18(17)23(24,25)26;/h4-5,7-8H,3,6,9-16H2,1-2H3;1H. The van der Waals surface area contributed by atoms with Gasteiger partial charge in [0, 0.05) is 23.8 Å². The van der Waals surface area contributed by atoms with Gasteiger partial charge in [0.15, 0.2) is 5.82 Å². The van der Waals surface area contributed by atoms with Gasteiger partial charge in [-0.15, -0.1) is 22.6 Å². The summed E-state index contributed by atoms with van der Waals surface area (Å²) in [6.07, 6.45) is 2.92. The van der Waals surface area contributed by atoms with Crippen LogP contribution in [0, 0.1) is 5.41 Å². The van der Waals surface area contributed by atoms with Gasteiger partial charge in [-0.2, -0.15) is 13.2 Å². The molecule has 0 saturated heterocycles. The monoisotopic (exact) mass is 505 g/mol. The number of alkyl halides is 3. The van der Waals surface area contributed by atoms with Gasteiger partial charge in [0.05, 0.1) is 11.3 Å². The lowest BCUT2D eigenvalue weighted by Gasteiger charge is -2.53. The second-order valence-corrected chi connectivity index (χ2v) is 12.0. The van der Waals surface area contributed by atoms with Crippen molar-refractivity contribution in [1.82, 2.24) is 14.8 Å². The van der Waals surface area contributed by atoms with Crippen LogP contribution >= 0.6 is 12.4 Å². The first-order valence-corrected chi connectivity index (χ1v) is 13.1.